The Hall–Kier alpha value is -1.17. The van der Waals surface area contributed by atoms with E-state index in [4.69, 9.17) is 0 Å². The first-order valence-electron chi connectivity index (χ1n) is 4.92. The summed E-state index contributed by atoms with van der Waals surface area (Å²) in [6, 6.07) is 0. The van der Waals surface area contributed by atoms with Crippen LogP contribution >= 0.6 is 0 Å². The van der Waals surface area contributed by atoms with E-state index < -0.39 is 12.1 Å². The number of hydrogen-bond donors (Lipinski definition) is 0. The SMILES string of the molecule is CC#CCC1=C(C(F)(F)F)C2C=CC1C2. The van der Waals surface area contributed by atoms with Crippen LogP contribution in [0.1, 0.15) is 19.8 Å². The Balaban J connectivity index is 2.34. The summed E-state index contributed by atoms with van der Waals surface area (Å²) in [5, 5.41) is 0. The van der Waals surface area contributed by atoms with Crippen LogP contribution in [0.3, 0.4) is 0 Å². The predicted molar refractivity (Wildman–Crippen MR) is 51.9 cm³/mol. The van der Waals surface area contributed by atoms with E-state index in [-0.39, 0.29) is 17.9 Å². The minimum atomic E-state index is -4.19. The van der Waals surface area contributed by atoms with Crippen LogP contribution in [0.5, 0.6) is 0 Å². The predicted octanol–water partition coefficient (Wildman–Crippen LogP) is 3.46. The van der Waals surface area contributed by atoms with Crippen molar-refractivity contribution >= 4 is 0 Å². The summed E-state index contributed by atoms with van der Waals surface area (Å²) < 4.78 is 38.3. The second-order valence-corrected chi connectivity index (χ2v) is 3.87. The van der Waals surface area contributed by atoms with E-state index in [1.165, 1.54) is 0 Å². The molecule has 0 aliphatic heterocycles. The average Bonchev–Trinajstić information content (AvgIpc) is 2.71. The Morgan fingerprint density at radius 1 is 1.33 bits per heavy atom. The molecule has 0 amide bonds. The zero-order valence-corrected chi connectivity index (χ0v) is 8.36. The van der Waals surface area contributed by atoms with E-state index in [0.717, 1.165) is 0 Å². The molecule has 0 radical (unpaired) electrons. The van der Waals surface area contributed by atoms with Gasteiger partial charge in [-0.05, 0) is 18.9 Å². The highest BCUT2D eigenvalue weighted by molar-refractivity contribution is 5.41. The van der Waals surface area contributed by atoms with Gasteiger partial charge in [0.2, 0.25) is 0 Å². The van der Waals surface area contributed by atoms with Crippen molar-refractivity contribution in [3.05, 3.63) is 23.3 Å². The van der Waals surface area contributed by atoms with Crippen LogP contribution in [0, 0.1) is 23.7 Å². The van der Waals surface area contributed by atoms with E-state index in [9.17, 15) is 13.2 Å². The maximum absolute atomic E-state index is 12.8. The van der Waals surface area contributed by atoms with Gasteiger partial charge in [0.25, 0.3) is 0 Å². The molecule has 0 heterocycles. The van der Waals surface area contributed by atoms with Crippen LogP contribution in [0.2, 0.25) is 0 Å². The van der Waals surface area contributed by atoms with E-state index in [0.29, 0.717) is 12.0 Å². The summed E-state index contributed by atoms with van der Waals surface area (Å²) in [6.45, 7) is 1.65. The molecule has 0 N–H and O–H groups in total. The molecule has 80 valence electrons. The third kappa shape index (κ3) is 1.69. The van der Waals surface area contributed by atoms with Crippen LogP contribution in [0.25, 0.3) is 0 Å². The molecule has 2 aliphatic rings. The monoisotopic (exact) mass is 212 g/mol. The fourth-order valence-electron chi connectivity index (χ4n) is 2.41. The zero-order valence-electron chi connectivity index (χ0n) is 8.36. The molecular weight excluding hydrogens is 201 g/mol. The van der Waals surface area contributed by atoms with Gasteiger partial charge in [0, 0.05) is 23.8 Å². The third-order valence-electron chi connectivity index (χ3n) is 3.01. The lowest BCUT2D eigenvalue weighted by Gasteiger charge is -2.17. The maximum atomic E-state index is 12.8. The molecule has 0 aromatic rings. The highest BCUT2D eigenvalue weighted by Crippen LogP contribution is 2.50. The molecule has 2 atom stereocenters. The second kappa shape index (κ2) is 3.44. The smallest absolute Gasteiger partial charge is 0.166 e. The largest absolute Gasteiger partial charge is 0.413 e. The lowest BCUT2D eigenvalue weighted by molar-refractivity contribution is -0.0968. The fourth-order valence-corrected chi connectivity index (χ4v) is 2.41. The second-order valence-electron chi connectivity index (χ2n) is 3.87. The summed E-state index contributed by atoms with van der Waals surface area (Å²) >= 11 is 0. The summed E-state index contributed by atoms with van der Waals surface area (Å²) in [7, 11) is 0. The van der Waals surface area contributed by atoms with Gasteiger partial charge in [0.1, 0.15) is 0 Å². The molecule has 15 heavy (non-hydrogen) atoms. The standard InChI is InChI=1S/C12H11F3/c1-2-3-4-10-8-5-6-9(7-8)11(10)12(13,14)15/h5-6,8-9H,4,7H2,1H3. The number of allylic oxidation sites excluding steroid dienone is 4. The molecular formula is C12H11F3. The Labute approximate surface area is 86.9 Å². The van der Waals surface area contributed by atoms with Crippen LogP contribution in [-0.4, -0.2) is 6.18 Å². The summed E-state index contributed by atoms with van der Waals surface area (Å²) in [4.78, 5) is 0. The summed E-state index contributed by atoms with van der Waals surface area (Å²) in [6.07, 6.45) is 0.226. The maximum Gasteiger partial charge on any atom is 0.413 e. The van der Waals surface area contributed by atoms with Gasteiger partial charge in [-0.15, -0.1) is 5.92 Å². The first-order chi connectivity index (χ1) is 7.04. The quantitative estimate of drug-likeness (QED) is 0.461. The molecule has 0 saturated carbocycles. The molecule has 2 bridgehead atoms. The normalized spacial score (nSPS) is 28.3. The van der Waals surface area contributed by atoms with Crippen molar-refractivity contribution in [2.24, 2.45) is 11.8 Å². The van der Waals surface area contributed by atoms with E-state index in [2.05, 4.69) is 11.8 Å². The van der Waals surface area contributed by atoms with Crippen molar-refractivity contribution in [1.82, 2.24) is 0 Å². The Morgan fingerprint density at radius 2 is 2.00 bits per heavy atom. The highest BCUT2D eigenvalue weighted by Gasteiger charge is 2.47. The van der Waals surface area contributed by atoms with Gasteiger partial charge in [-0.25, -0.2) is 0 Å². The first-order valence-corrected chi connectivity index (χ1v) is 4.92. The molecule has 0 fully saturated rings. The van der Waals surface area contributed by atoms with Gasteiger partial charge in [0.05, 0.1) is 0 Å². The Morgan fingerprint density at radius 3 is 2.60 bits per heavy atom. The number of fused-ring (bicyclic) bond motifs is 2. The van der Waals surface area contributed by atoms with Gasteiger partial charge in [-0.1, -0.05) is 18.1 Å². The van der Waals surface area contributed by atoms with Crippen molar-refractivity contribution in [3.8, 4) is 11.8 Å². The summed E-state index contributed by atoms with van der Waals surface area (Å²) in [5.41, 5.74) is 0.155. The zero-order chi connectivity index (χ0) is 11.1. The van der Waals surface area contributed by atoms with Crippen molar-refractivity contribution in [2.45, 2.75) is 25.9 Å². The number of hydrogen-bond acceptors (Lipinski definition) is 0. The number of halogens is 3. The van der Waals surface area contributed by atoms with Crippen LogP contribution < -0.4 is 0 Å². The topological polar surface area (TPSA) is 0 Å². The Bertz CT molecular complexity index is 387. The van der Waals surface area contributed by atoms with Gasteiger partial charge in [-0.2, -0.15) is 13.2 Å². The average molecular weight is 212 g/mol. The lowest BCUT2D eigenvalue weighted by Crippen LogP contribution is -2.18. The number of rotatable bonds is 1. The van der Waals surface area contributed by atoms with Gasteiger partial charge in [-0.3, -0.25) is 0 Å². The lowest BCUT2D eigenvalue weighted by atomic mass is 9.94. The minimum Gasteiger partial charge on any atom is -0.166 e. The molecule has 0 nitrogen and oxygen atoms in total. The van der Waals surface area contributed by atoms with Crippen molar-refractivity contribution in [2.75, 3.05) is 0 Å². The Kier molecular flexibility index (Phi) is 2.38. The molecule has 0 spiro atoms. The van der Waals surface area contributed by atoms with Crippen molar-refractivity contribution in [3.63, 3.8) is 0 Å². The van der Waals surface area contributed by atoms with Crippen LogP contribution in [0.15, 0.2) is 23.3 Å². The van der Waals surface area contributed by atoms with Crippen LogP contribution in [-0.2, 0) is 0 Å². The molecule has 2 aliphatic carbocycles. The summed E-state index contributed by atoms with van der Waals surface area (Å²) in [5.74, 6) is 4.95. The fraction of sp³-hybridized carbons (Fsp3) is 0.500. The van der Waals surface area contributed by atoms with E-state index >= 15 is 0 Å². The van der Waals surface area contributed by atoms with Gasteiger partial charge in [0.15, 0.2) is 0 Å². The molecule has 0 saturated heterocycles. The van der Waals surface area contributed by atoms with Crippen molar-refractivity contribution < 1.29 is 13.2 Å². The molecule has 0 aromatic heterocycles. The molecule has 0 aromatic carbocycles. The minimum absolute atomic E-state index is 0.0209. The number of alkyl halides is 3. The third-order valence-corrected chi connectivity index (χ3v) is 3.01. The van der Waals surface area contributed by atoms with Gasteiger partial charge >= 0.3 is 6.18 Å². The van der Waals surface area contributed by atoms with Gasteiger partial charge < -0.3 is 0 Å². The van der Waals surface area contributed by atoms with E-state index in [1.54, 1.807) is 13.0 Å². The van der Waals surface area contributed by atoms with Crippen LogP contribution in [0.4, 0.5) is 13.2 Å². The molecule has 2 unspecified atom stereocenters. The van der Waals surface area contributed by atoms with Crippen molar-refractivity contribution in [1.29, 1.82) is 0 Å². The highest BCUT2D eigenvalue weighted by atomic mass is 19.4. The molecule has 3 heteroatoms. The first kappa shape index (κ1) is 10.4. The molecule has 2 rings (SSSR count). The van der Waals surface area contributed by atoms with E-state index in [1.807, 2.05) is 6.08 Å².